The summed E-state index contributed by atoms with van der Waals surface area (Å²) in [5.74, 6) is -0.413. The second-order valence-electron chi connectivity index (χ2n) is 6.26. The first-order valence-corrected chi connectivity index (χ1v) is 9.08. The highest BCUT2D eigenvalue weighted by Gasteiger charge is 2.30. The lowest BCUT2D eigenvalue weighted by Crippen LogP contribution is -2.21. The predicted octanol–water partition coefficient (Wildman–Crippen LogP) is 4.55. The van der Waals surface area contributed by atoms with Crippen molar-refractivity contribution < 1.29 is 17.6 Å². The first-order valence-electron chi connectivity index (χ1n) is 8.29. The van der Waals surface area contributed by atoms with E-state index in [1.54, 1.807) is 6.07 Å². The van der Waals surface area contributed by atoms with Gasteiger partial charge < -0.3 is 0 Å². The average Bonchev–Trinajstić information content (AvgIpc) is 3.10. The van der Waals surface area contributed by atoms with Crippen LogP contribution in [-0.2, 0) is 12.7 Å². The molecule has 0 amide bonds. The fourth-order valence-electron chi connectivity index (χ4n) is 2.90. The van der Waals surface area contributed by atoms with Crippen molar-refractivity contribution in [2.75, 3.05) is 0 Å². The molecule has 2 aromatic heterocycles. The van der Waals surface area contributed by atoms with E-state index in [1.165, 1.54) is 46.0 Å². The van der Waals surface area contributed by atoms with Gasteiger partial charge in [-0.1, -0.05) is 28.1 Å². The van der Waals surface area contributed by atoms with Crippen molar-refractivity contribution in [2.24, 2.45) is 0 Å². The van der Waals surface area contributed by atoms with E-state index < -0.39 is 23.1 Å². The smallest absolute Gasteiger partial charge is 0.294 e. The Kier molecular flexibility index (Phi) is 4.73. The summed E-state index contributed by atoms with van der Waals surface area (Å²) in [6.45, 7) is 0.136. The van der Waals surface area contributed by atoms with Crippen molar-refractivity contribution in [3.8, 4) is 5.69 Å². The molecule has 4 rings (SSSR count). The van der Waals surface area contributed by atoms with Gasteiger partial charge in [0.15, 0.2) is 5.65 Å². The van der Waals surface area contributed by atoms with Gasteiger partial charge in [0, 0.05) is 4.47 Å². The van der Waals surface area contributed by atoms with Gasteiger partial charge in [0.2, 0.25) is 0 Å². The van der Waals surface area contributed by atoms with Crippen LogP contribution in [0, 0.1) is 5.82 Å². The lowest BCUT2D eigenvalue weighted by atomic mass is 10.2. The van der Waals surface area contributed by atoms with Crippen LogP contribution in [-0.4, -0.2) is 19.3 Å². The van der Waals surface area contributed by atoms with Crippen molar-refractivity contribution in [1.82, 2.24) is 19.3 Å². The number of nitrogens with zero attached hydrogens (tertiary/aromatic N) is 4. The molecule has 0 bridgehead atoms. The molecule has 29 heavy (non-hydrogen) atoms. The molecule has 0 saturated carbocycles. The summed E-state index contributed by atoms with van der Waals surface area (Å²) in [5, 5.41) is 4.20. The normalized spacial score (nSPS) is 11.9. The number of hydrogen-bond acceptors (Lipinski definition) is 3. The van der Waals surface area contributed by atoms with E-state index >= 15 is 0 Å². The van der Waals surface area contributed by atoms with Crippen molar-refractivity contribution in [3.05, 3.63) is 86.8 Å². The second-order valence-corrected chi connectivity index (χ2v) is 7.11. The topological polar surface area (TPSA) is 52.7 Å². The molecular weight excluding hydrogens is 456 g/mol. The van der Waals surface area contributed by atoms with E-state index in [1.807, 2.05) is 0 Å². The van der Waals surface area contributed by atoms with Crippen LogP contribution in [0.2, 0.25) is 0 Å². The largest absolute Gasteiger partial charge is 0.416 e. The lowest BCUT2D eigenvalue weighted by Gasteiger charge is -2.10. The molecule has 0 N–H and O–H groups in total. The highest BCUT2D eigenvalue weighted by atomic mass is 79.9. The molecule has 2 aromatic carbocycles. The first-order chi connectivity index (χ1) is 13.7. The molecule has 10 heteroatoms. The van der Waals surface area contributed by atoms with E-state index in [-0.39, 0.29) is 23.3 Å². The SMILES string of the molecule is O=c1c2cnn(-c3cccc(C(F)(F)F)c3)c2ncn1Cc1ccc(F)cc1Br. The van der Waals surface area contributed by atoms with Crippen LogP contribution in [0.5, 0.6) is 0 Å². The Morgan fingerprint density at radius 2 is 1.90 bits per heavy atom. The minimum absolute atomic E-state index is 0.136. The van der Waals surface area contributed by atoms with Gasteiger partial charge in [0.25, 0.3) is 5.56 Å². The summed E-state index contributed by atoms with van der Waals surface area (Å²) in [4.78, 5) is 17.0. The third-order valence-electron chi connectivity index (χ3n) is 4.33. The number of fused-ring (bicyclic) bond motifs is 1. The maximum Gasteiger partial charge on any atom is 0.416 e. The van der Waals surface area contributed by atoms with Gasteiger partial charge in [-0.25, -0.2) is 14.1 Å². The molecular formula is C19H11BrF4N4O. The number of rotatable bonds is 3. The van der Waals surface area contributed by atoms with E-state index in [2.05, 4.69) is 26.0 Å². The fraction of sp³-hybridized carbons (Fsp3) is 0.105. The summed E-state index contributed by atoms with van der Waals surface area (Å²) in [7, 11) is 0. The summed E-state index contributed by atoms with van der Waals surface area (Å²) < 4.78 is 55.2. The van der Waals surface area contributed by atoms with E-state index in [9.17, 15) is 22.4 Å². The fourth-order valence-corrected chi connectivity index (χ4v) is 3.37. The van der Waals surface area contributed by atoms with Crippen LogP contribution in [0.4, 0.5) is 17.6 Å². The summed E-state index contributed by atoms with van der Waals surface area (Å²) in [6, 6.07) is 8.72. The Balaban J connectivity index is 1.76. The number of hydrogen-bond donors (Lipinski definition) is 0. The molecule has 0 fully saturated rings. The van der Waals surface area contributed by atoms with Gasteiger partial charge in [-0.15, -0.1) is 0 Å². The summed E-state index contributed by atoms with van der Waals surface area (Å²) in [6.07, 6.45) is -1.95. The van der Waals surface area contributed by atoms with Crippen molar-refractivity contribution in [2.45, 2.75) is 12.7 Å². The Bertz CT molecular complexity index is 1280. The number of benzene rings is 2. The molecule has 4 aromatic rings. The van der Waals surface area contributed by atoms with Crippen LogP contribution < -0.4 is 5.56 Å². The van der Waals surface area contributed by atoms with E-state index in [0.717, 1.165) is 12.1 Å². The molecule has 0 aliphatic rings. The van der Waals surface area contributed by atoms with Gasteiger partial charge >= 0.3 is 6.18 Å². The predicted molar refractivity (Wildman–Crippen MR) is 101 cm³/mol. The molecule has 0 radical (unpaired) electrons. The van der Waals surface area contributed by atoms with Crippen LogP contribution in [0.15, 0.2) is 64.3 Å². The Morgan fingerprint density at radius 1 is 1.10 bits per heavy atom. The first kappa shape index (κ1) is 19.3. The van der Waals surface area contributed by atoms with E-state index in [0.29, 0.717) is 10.0 Å². The summed E-state index contributed by atoms with van der Waals surface area (Å²) in [5.41, 5.74) is -0.290. The molecule has 2 heterocycles. The van der Waals surface area contributed by atoms with Gasteiger partial charge in [0.1, 0.15) is 17.5 Å². The Hall–Kier alpha value is -3.01. The highest BCUT2D eigenvalue weighted by molar-refractivity contribution is 9.10. The third-order valence-corrected chi connectivity index (χ3v) is 5.07. The molecule has 5 nitrogen and oxygen atoms in total. The maximum atomic E-state index is 13.2. The van der Waals surface area contributed by atoms with Crippen molar-refractivity contribution in [3.63, 3.8) is 0 Å². The average molecular weight is 467 g/mol. The number of halogens is 5. The third kappa shape index (κ3) is 3.67. The molecule has 0 saturated heterocycles. The van der Waals surface area contributed by atoms with Crippen LogP contribution in [0.3, 0.4) is 0 Å². The lowest BCUT2D eigenvalue weighted by molar-refractivity contribution is -0.137. The van der Waals surface area contributed by atoms with Crippen molar-refractivity contribution >= 4 is 27.0 Å². The molecule has 148 valence electrons. The molecule has 0 aliphatic carbocycles. The minimum atomic E-state index is -4.50. The second kappa shape index (κ2) is 7.11. The monoisotopic (exact) mass is 466 g/mol. The van der Waals surface area contributed by atoms with E-state index in [4.69, 9.17) is 0 Å². The Morgan fingerprint density at radius 3 is 2.62 bits per heavy atom. The van der Waals surface area contributed by atoms with Gasteiger partial charge in [-0.05, 0) is 35.9 Å². The zero-order chi connectivity index (χ0) is 20.8. The minimum Gasteiger partial charge on any atom is -0.294 e. The molecule has 0 unspecified atom stereocenters. The molecule has 0 spiro atoms. The van der Waals surface area contributed by atoms with Crippen LogP contribution in [0.25, 0.3) is 16.7 Å². The van der Waals surface area contributed by atoms with Crippen molar-refractivity contribution in [1.29, 1.82) is 0 Å². The summed E-state index contributed by atoms with van der Waals surface area (Å²) >= 11 is 3.25. The van der Waals surface area contributed by atoms with Crippen LogP contribution >= 0.6 is 15.9 Å². The van der Waals surface area contributed by atoms with Gasteiger partial charge in [0.05, 0.1) is 24.0 Å². The standard InChI is InChI=1S/C19H11BrF4N4O/c20-16-7-13(21)5-4-11(16)9-27-10-25-17-15(18(27)29)8-26-28(17)14-3-1-2-12(6-14)19(22,23)24/h1-8,10H,9H2. The number of alkyl halides is 3. The maximum absolute atomic E-state index is 13.2. The zero-order valence-corrected chi connectivity index (χ0v) is 16.1. The van der Waals surface area contributed by atoms with Crippen LogP contribution in [0.1, 0.15) is 11.1 Å². The quantitative estimate of drug-likeness (QED) is 0.416. The number of aromatic nitrogens is 4. The Labute approximate surface area is 169 Å². The molecule has 0 atom stereocenters. The van der Waals surface area contributed by atoms with Gasteiger partial charge in [-0.3, -0.25) is 9.36 Å². The molecule has 0 aliphatic heterocycles. The zero-order valence-electron chi connectivity index (χ0n) is 14.5. The highest BCUT2D eigenvalue weighted by Crippen LogP contribution is 2.30. The van der Waals surface area contributed by atoms with Gasteiger partial charge in [-0.2, -0.15) is 18.3 Å².